The van der Waals surface area contributed by atoms with Crippen molar-refractivity contribution in [3.63, 3.8) is 0 Å². The number of hydrogen-bond acceptors (Lipinski definition) is 0. The van der Waals surface area contributed by atoms with E-state index in [1.165, 1.54) is 38.5 Å². The van der Waals surface area contributed by atoms with Gasteiger partial charge in [0.2, 0.25) is 0 Å². The van der Waals surface area contributed by atoms with Crippen LogP contribution in [0.3, 0.4) is 0 Å². The van der Waals surface area contributed by atoms with E-state index in [0.29, 0.717) is 5.41 Å². The van der Waals surface area contributed by atoms with Gasteiger partial charge in [-0.2, -0.15) is 0 Å². The largest absolute Gasteiger partial charge is 0.0914 e. The van der Waals surface area contributed by atoms with E-state index in [1.54, 1.807) is 0 Å². The van der Waals surface area contributed by atoms with Gasteiger partial charge in [-0.25, -0.2) is 0 Å². The standard InChI is InChI=1S/C17H30/c1-5-8-14-9-7-12-17(4)15(13(3)6-2)10-11-16(14)17/h5,8,13-16H,6-7,9-12H2,1-4H3/b8-5+/t13-,14-,15?,16?,17-/m1/s1. The molecular formula is C17H30. The summed E-state index contributed by atoms with van der Waals surface area (Å²) in [6, 6.07) is 0. The van der Waals surface area contributed by atoms with Crippen LogP contribution < -0.4 is 0 Å². The third-order valence-corrected chi connectivity index (χ3v) is 6.02. The molecule has 0 nitrogen and oxygen atoms in total. The van der Waals surface area contributed by atoms with Crippen LogP contribution in [0.5, 0.6) is 0 Å². The maximum Gasteiger partial charge on any atom is -0.0200 e. The highest BCUT2D eigenvalue weighted by Gasteiger charge is 2.51. The van der Waals surface area contributed by atoms with Gasteiger partial charge in [0.15, 0.2) is 0 Å². The van der Waals surface area contributed by atoms with Crippen molar-refractivity contribution < 1.29 is 0 Å². The van der Waals surface area contributed by atoms with Crippen molar-refractivity contribution in [2.45, 2.75) is 66.2 Å². The minimum absolute atomic E-state index is 0.651. The normalized spacial score (nSPS) is 43.9. The van der Waals surface area contributed by atoms with Crippen LogP contribution in [0.15, 0.2) is 12.2 Å². The fourth-order valence-corrected chi connectivity index (χ4v) is 4.98. The first-order valence-corrected chi connectivity index (χ1v) is 7.76. The molecule has 0 heterocycles. The van der Waals surface area contributed by atoms with Crippen molar-refractivity contribution >= 4 is 0 Å². The highest BCUT2D eigenvalue weighted by molar-refractivity contribution is 5.05. The first-order valence-electron chi connectivity index (χ1n) is 7.76. The molecule has 2 aliphatic carbocycles. The van der Waals surface area contributed by atoms with E-state index < -0.39 is 0 Å². The quantitative estimate of drug-likeness (QED) is 0.570. The van der Waals surface area contributed by atoms with Gasteiger partial charge in [-0.3, -0.25) is 0 Å². The van der Waals surface area contributed by atoms with Gasteiger partial charge in [0.1, 0.15) is 0 Å². The van der Waals surface area contributed by atoms with Crippen LogP contribution in [0.1, 0.15) is 66.2 Å². The zero-order valence-electron chi connectivity index (χ0n) is 12.2. The molecule has 0 saturated heterocycles. The smallest absolute Gasteiger partial charge is 0.0200 e. The minimum Gasteiger partial charge on any atom is -0.0914 e. The Hall–Kier alpha value is -0.260. The second-order valence-electron chi connectivity index (χ2n) is 6.76. The molecule has 0 aliphatic heterocycles. The van der Waals surface area contributed by atoms with Crippen LogP contribution >= 0.6 is 0 Å². The monoisotopic (exact) mass is 234 g/mol. The van der Waals surface area contributed by atoms with E-state index in [1.807, 2.05) is 0 Å². The summed E-state index contributed by atoms with van der Waals surface area (Å²) in [7, 11) is 0. The van der Waals surface area contributed by atoms with Gasteiger partial charge in [-0.15, -0.1) is 0 Å². The Kier molecular flexibility index (Phi) is 4.00. The summed E-state index contributed by atoms with van der Waals surface area (Å²) >= 11 is 0. The third-order valence-electron chi connectivity index (χ3n) is 6.02. The lowest BCUT2D eigenvalue weighted by atomic mass is 9.59. The Morgan fingerprint density at radius 3 is 2.71 bits per heavy atom. The summed E-state index contributed by atoms with van der Waals surface area (Å²) in [5, 5.41) is 0. The Morgan fingerprint density at radius 1 is 1.29 bits per heavy atom. The zero-order chi connectivity index (χ0) is 12.5. The molecule has 2 unspecified atom stereocenters. The van der Waals surface area contributed by atoms with Crippen molar-refractivity contribution in [3.8, 4) is 0 Å². The minimum atomic E-state index is 0.651. The molecule has 98 valence electrons. The molecule has 0 amide bonds. The molecule has 2 rings (SSSR count). The summed E-state index contributed by atoms with van der Waals surface area (Å²) in [6.07, 6.45) is 13.5. The maximum atomic E-state index is 2.61. The number of hydrogen-bond donors (Lipinski definition) is 0. The average molecular weight is 234 g/mol. The van der Waals surface area contributed by atoms with Crippen LogP contribution in [0.25, 0.3) is 0 Å². The van der Waals surface area contributed by atoms with Crippen molar-refractivity contribution in [2.75, 3.05) is 0 Å². The van der Waals surface area contributed by atoms with Gasteiger partial charge in [0.05, 0.1) is 0 Å². The molecule has 0 aromatic heterocycles. The van der Waals surface area contributed by atoms with Gasteiger partial charge in [0, 0.05) is 0 Å². The summed E-state index contributed by atoms with van der Waals surface area (Å²) in [6.45, 7) is 9.65. The average Bonchev–Trinajstić information content (AvgIpc) is 2.67. The topological polar surface area (TPSA) is 0 Å². The predicted molar refractivity (Wildman–Crippen MR) is 75.9 cm³/mol. The first-order chi connectivity index (χ1) is 8.13. The first kappa shape index (κ1) is 13.2. The molecule has 2 fully saturated rings. The van der Waals surface area contributed by atoms with Crippen molar-refractivity contribution in [1.82, 2.24) is 0 Å². The van der Waals surface area contributed by atoms with Crippen LogP contribution in [-0.2, 0) is 0 Å². The van der Waals surface area contributed by atoms with Crippen molar-refractivity contribution in [2.24, 2.45) is 29.1 Å². The lowest BCUT2D eigenvalue weighted by molar-refractivity contribution is 0.0450. The molecular weight excluding hydrogens is 204 g/mol. The zero-order valence-corrected chi connectivity index (χ0v) is 12.2. The van der Waals surface area contributed by atoms with E-state index in [-0.39, 0.29) is 0 Å². The third kappa shape index (κ3) is 2.20. The number of fused-ring (bicyclic) bond motifs is 1. The highest BCUT2D eigenvalue weighted by Crippen LogP contribution is 2.60. The molecule has 2 aliphatic rings. The summed E-state index contributed by atoms with van der Waals surface area (Å²) < 4.78 is 0. The second kappa shape index (κ2) is 5.16. The van der Waals surface area contributed by atoms with E-state index in [0.717, 1.165) is 23.7 Å². The Balaban J connectivity index is 2.19. The van der Waals surface area contributed by atoms with Crippen molar-refractivity contribution in [1.29, 1.82) is 0 Å². The van der Waals surface area contributed by atoms with Crippen molar-refractivity contribution in [3.05, 3.63) is 12.2 Å². The van der Waals surface area contributed by atoms with Crippen LogP contribution in [0, 0.1) is 29.1 Å². The summed E-state index contributed by atoms with van der Waals surface area (Å²) in [4.78, 5) is 0. The van der Waals surface area contributed by atoms with Gasteiger partial charge in [0.25, 0.3) is 0 Å². The molecule has 17 heavy (non-hydrogen) atoms. The Morgan fingerprint density at radius 2 is 2.06 bits per heavy atom. The molecule has 0 radical (unpaired) electrons. The lowest BCUT2D eigenvalue weighted by Gasteiger charge is -2.46. The number of allylic oxidation sites excluding steroid dienone is 2. The van der Waals surface area contributed by atoms with Crippen LogP contribution in [0.4, 0.5) is 0 Å². The SMILES string of the molecule is C/C=C/[C@@H]1CCC[C@]2(C)C([C@H](C)CC)CCC12. The van der Waals surface area contributed by atoms with E-state index >= 15 is 0 Å². The molecule has 2 saturated carbocycles. The molecule has 0 bridgehead atoms. The molecule has 0 aromatic carbocycles. The van der Waals surface area contributed by atoms with Crippen LogP contribution in [-0.4, -0.2) is 0 Å². The lowest BCUT2D eigenvalue weighted by Crippen LogP contribution is -2.38. The van der Waals surface area contributed by atoms with Gasteiger partial charge in [-0.1, -0.05) is 45.8 Å². The van der Waals surface area contributed by atoms with E-state index in [2.05, 4.69) is 39.8 Å². The Bertz CT molecular complexity index is 278. The fraction of sp³-hybridized carbons (Fsp3) is 0.882. The fourth-order valence-electron chi connectivity index (χ4n) is 4.98. The second-order valence-corrected chi connectivity index (χ2v) is 6.76. The predicted octanol–water partition coefficient (Wildman–Crippen LogP) is 5.44. The van der Waals surface area contributed by atoms with Gasteiger partial charge >= 0.3 is 0 Å². The summed E-state index contributed by atoms with van der Waals surface area (Å²) in [5.41, 5.74) is 0.651. The molecule has 5 atom stereocenters. The molecule has 0 aromatic rings. The molecule has 0 heteroatoms. The maximum absolute atomic E-state index is 2.61. The Labute approximate surface area is 108 Å². The molecule has 0 spiro atoms. The molecule has 0 N–H and O–H groups in total. The van der Waals surface area contributed by atoms with Crippen LogP contribution in [0.2, 0.25) is 0 Å². The van der Waals surface area contributed by atoms with E-state index in [4.69, 9.17) is 0 Å². The van der Waals surface area contributed by atoms with Gasteiger partial charge < -0.3 is 0 Å². The number of rotatable bonds is 3. The van der Waals surface area contributed by atoms with Gasteiger partial charge in [-0.05, 0) is 61.7 Å². The highest BCUT2D eigenvalue weighted by atomic mass is 14.6. The van der Waals surface area contributed by atoms with E-state index in [9.17, 15) is 0 Å². The summed E-state index contributed by atoms with van der Waals surface area (Å²) in [5.74, 6) is 3.78.